The number of carbonyl (C=O) groups excluding carboxylic acids is 1. The molecule has 1 unspecified atom stereocenters. The first-order valence-corrected chi connectivity index (χ1v) is 10.8. The molecular weight excluding hydrogens is 370 g/mol. The molecule has 3 rings (SSSR count). The van der Waals surface area contributed by atoms with Crippen LogP contribution in [0.2, 0.25) is 0 Å². The first-order valence-electron chi connectivity index (χ1n) is 9.82. The molecule has 0 bridgehead atoms. The first kappa shape index (κ1) is 20.7. The summed E-state index contributed by atoms with van der Waals surface area (Å²) >= 11 is 1.74. The molecule has 150 valence electrons. The number of likely N-dealkylation sites (tertiary alicyclic amines) is 1. The van der Waals surface area contributed by atoms with Crippen molar-refractivity contribution in [3.63, 3.8) is 0 Å². The minimum absolute atomic E-state index is 0.0138. The van der Waals surface area contributed by atoms with Gasteiger partial charge in [-0.25, -0.2) is 0 Å². The summed E-state index contributed by atoms with van der Waals surface area (Å²) < 4.78 is 5.26. The van der Waals surface area contributed by atoms with Gasteiger partial charge in [-0.2, -0.15) is 0 Å². The first-order chi connectivity index (χ1) is 13.5. The fourth-order valence-electron chi connectivity index (χ4n) is 3.80. The smallest absolute Gasteiger partial charge is 0.256 e. The summed E-state index contributed by atoms with van der Waals surface area (Å²) in [6.45, 7) is 4.39. The van der Waals surface area contributed by atoms with Crippen LogP contribution in [-0.2, 0) is 0 Å². The van der Waals surface area contributed by atoms with Crippen LogP contribution in [0.25, 0.3) is 0 Å². The Balaban J connectivity index is 1.82. The molecule has 1 heterocycles. The molecule has 0 spiro atoms. The summed E-state index contributed by atoms with van der Waals surface area (Å²) in [5, 5.41) is 10.9. The van der Waals surface area contributed by atoms with E-state index >= 15 is 0 Å². The molecule has 0 saturated carbocycles. The lowest BCUT2D eigenvalue weighted by Gasteiger charge is -2.44. The summed E-state index contributed by atoms with van der Waals surface area (Å²) in [4.78, 5) is 16.1. The van der Waals surface area contributed by atoms with Crippen LogP contribution in [0.3, 0.4) is 0 Å². The van der Waals surface area contributed by atoms with Gasteiger partial charge in [0.05, 0.1) is 7.11 Å². The third-order valence-corrected chi connectivity index (χ3v) is 6.64. The van der Waals surface area contributed by atoms with Crippen LogP contribution in [0.15, 0.2) is 59.5 Å². The van der Waals surface area contributed by atoms with E-state index in [2.05, 4.69) is 26.0 Å². The zero-order valence-corrected chi connectivity index (χ0v) is 17.6. The van der Waals surface area contributed by atoms with Gasteiger partial charge < -0.3 is 14.7 Å². The normalized spacial score (nSPS) is 22.3. The number of methoxy groups -OCH3 is 1. The van der Waals surface area contributed by atoms with Gasteiger partial charge in [0.1, 0.15) is 12.0 Å². The summed E-state index contributed by atoms with van der Waals surface area (Å²) in [5.74, 6) is 2.17. The van der Waals surface area contributed by atoms with Gasteiger partial charge >= 0.3 is 0 Å². The number of hydrogen-bond donors (Lipinski definition) is 1. The second-order valence-corrected chi connectivity index (χ2v) is 8.77. The maximum absolute atomic E-state index is 13.3. The van der Waals surface area contributed by atoms with Crippen LogP contribution in [0, 0.1) is 11.8 Å². The van der Waals surface area contributed by atoms with Crippen molar-refractivity contribution in [2.75, 3.05) is 12.9 Å². The van der Waals surface area contributed by atoms with Gasteiger partial charge in [-0.3, -0.25) is 4.79 Å². The lowest BCUT2D eigenvalue weighted by Crippen LogP contribution is -2.54. The van der Waals surface area contributed by atoms with Crippen LogP contribution in [0.5, 0.6) is 5.75 Å². The Labute approximate surface area is 171 Å². The maximum Gasteiger partial charge on any atom is 0.256 e. The molecule has 2 aromatic rings. The van der Waals surface area contributed by atoms with Crippen molar-refractivity contribution < 1.29 is 14.6 Å². The van der Waals surface area contributed by atoms with Crippen molar-refractivity contribution >= 4 is 17.7 Å². The third-order valence-electron chi connectivity index (χ3n) is 5.48. The van der Waals surface area contributed by atoms with Crippen molar-refractivity contribution in [1.29, 1.82) is 0 Å². The van der Waals surface area contributed by atoms with E-state index in [1.807, 2.05) is 30.3 Å². The van der Waals surface area contributed by atoms with Crippen molar-refractivity contribution in [3.8, 4) is 5.75 Å². The Morgan fingerprint density at radius 1 is 1.18 bits per heavy atom. The average molecular weight is 400 g/mol. The summed E-state index contributed by atoms with van der Waals surface area (Å²) in [7, 11) is 1.59. The number of benzene rings is 2. The molecule has 1 aliphatic rings. The molecule has 5 heteroatoms. The molecule has 2 aromatic carbocycles. The molecular formula is C23H29NO3S. The van der Waals surface area contributed by atoms with Gasteiger partial charge in [-0.1, -0.05) is 38.1 Å². The molecule has 3 atom stereocenters. The van der Waals surface area contributed by atoms with E-state index in [-0.39, 0.29) is 11.9 Å². The van der Waals surface area contributed by atoms with Gasteiger partial charge in [0.15, 0.2) is 0 Å². The van der Waals surface area contributed by atoms with Gasteiger partial charge in [0, 0.05) is 22.3 Å². The number of aliphatic hydroxyl groups excluding tert-OH is 1. The van der Waals surface area contributed by atoms with Crippen molar-refractivity contribution in [2.24, 2.45) is 11.8 Å². The number of thioether (sulfide) groups is 1. The van der Waals surface area contributed by atoms with Gasteiger partial charge in [-0.15, -0.1) is 11.8 Å². The Bertz CT molecular complexity index is 780. The molecule has 4 nitrogen and oxygen atoms in total. The molecule has 0 aliphatic carbocycles. The molecule has 1 amide bonds. The van der Waals surface area contributed by atoms with Gasteiger partial charge in [0.2, 0.25) is 0 Å². The monoisotopic (exact) mass is 399 g/mol. The number of ether oxygens (including phenoxy) is 1. The predicted molar refractivity (Wildman–Crippen MR) is 114 cm³/mol. The maximum atomic E-state index is 13.3. The number of carbonyl (C=O) groups is 1. The van der Waals surface area contributed by atoms with E-state index in [9.17, 15) is 9.90 Å². The summed E-state index contributed by atoms with van der Waals surface area (Å²) in [6.07, 6.45) is 0.769. The van der Waals surface area contributed by atoms with Crippen LogP contribution in [0.4, 0.5) is 0 Å². The van der Waals surface area contributed by atoms with E-state index < -0.39 is 6.23 Å². The molecule has 28 heavy (non-hydrogen) atoms. The number of aliphatic hydroxyl groups is 1. The SMILES string of the molecule is COc1cccc(C(=O)N2C(O)C[C@H](C(C)C)C[C@@H]2CSc2ccccc2)c1. The zero-order valence-electron chi connectivity index (χ0n) is 16.7. The van der Waals surface area contributed by atoms with Crippen LogP contribution >= 0.6 is 11.8 Å². The van der Waals surface area contributed by atoms with E-state index in [1.165, 1.54) is 4.90 Å². The van der Waals surface area contributed by atoms with Crippen LogP contribution in [-0.4, -0.2) is 41.0 Å². The Kier molecular flexibility index (Phi) is 7.03. The largest absolute Gasteiger partial charge is 0.497 e. The molecule has 1 aliphatic heterocycles. The Morgan fingerprint density at radius 2 is 1.93 bits per heavy atom. The number of hydrogen-bond acceptors (Lipinski definition) is 4. The lowest BCUT2D eigenvalue weighted by atomic mass is 9.82. The number of rotatable bonds is 6. The van der Waals surface area contributed by atoms with Gasteiger partial charge in [-0.05, 0) is 55.0 Å². The minimum Gasteiger partial charge on any atom is -0.497 e. The number of amides is 1. The molecule has 1 N–H and O–H groups in total. The standard InChI is InChI=1S/C23H29NO3S/c1-16(2)18-12-19(15-28-21-10-5-4-6-11-21)24(22(25)14-18)23(26)17-8-7-9-20(13-17)27-3/h4-11,13,16,18-19,22,25H,12,14-15H2,1-3H3/t18-,19-,22?/m1/s1. The zero-order chi connectivity index (χ0) is 20.1. The molecule has 1 fully saturated rings. The highest BCUT2D eigenvalue weighted by molar-refractivity contribution is 7.99. The molecule has 0 radical (unpaired) electrons. The van der Waals surface area contributed by atoms with Crippen molar-refractivity contribution in [3.05, 3.63) is 60.2 Å². The van der Waals surface area contributed by atoms with Gasteiger partial charge in [0.25, 0.3) is 5.91 Å². The van der Waals surface area contributed by atoms with E-state index in [0.29, 0.717) is 29.6 Å². The molecule has 1 saturated heterocycles. The molecule has 0 aromatic heterocycles. The lowest BCUT2D eigenvalue weighted by molar-refractivity contribution is -0.0558. The van der Waals surface area contributed by atoms with E-state index in [4.69, 9.17) is 4.74 Å². The fourth-order valence-corrected chi connectivity index (χ4v) is 4.83. The summed E-state index contributed by atoms with van der Waals surface area (Å²) in [5.41, 5.74) is 0.552. The van der Waals surface area contributed by atoms with Crippen LogP contribution < -0.4 is 4.74 Å². The highest BCUT2D eigenvalue weighted by atomic mass is 32.2. The topological polar surface area (TPSA) is 49.8 Å². The second kappa shape index (κ2) is 9.48. The average Bonchev–Trinajstić information content (AvgIpc) is 2.72. The Hall–Kier alpha value is -1.98. The highest BCUT2D eigenvalue weighted by Gasteiger charge is 2.38. The van der Waals surface area contributed by atoms with Crippen molar-refractivity contribution in [1.82, 2.24) is 4.90 Å². The number of piperidine rings is 1. The quantitative estimate of drug-likeness (QED) is 0.717. The van der Waals surface area contributed by atoms with Crippen LogP contribution in [0.1, 0.15) is 37.0 Å². The third kappa shape index (κ3) is 4.89. The Morgan fingerprint density at radius 3 is 2.61 bits per heavy atom. The predicted octanol–water partition coefficient (Wildman–Crippen LogP) is 4.68. The highest BCUT2D eigenvalue weighted by Crippen LogP contribution is 2.35. The van der Waals surface area contributed by atoms with E-state index in [0.717, 1.165) is 12.2 Å². The van der Waals surface area contributed by atoms with E-state index in [1.54, 1.807) is 35.9 Å². The summed E-state index contributed by atoms with van der Waals surface area (Å²) in [6, 6.07) is 17.4. The number of nitrogens with zero attached hydrogens (tertiary/aromatic N) is 1. The van der Waals surface area contributed by atoms with Crippen molar-refractivity contribution in [2.45, 2.75) is 43.9 Å². The fraction of sp³-hybridized carbons (Fsp3) is 0.435. The second-order valence-electron chi connectivity index (χ2n) is 7.68. The minimum atomic E-state index is -0.763.